The van der Waals surface area contributed by atoms with Crippen molar-refractivity contribution in [2.75, 3.05) is 68.6 Å². The van der Waals surface area contributed by atoms with Crippen molar-refractivity contribution in [2.24, 2.45) is 5.73 Å². The van der Waals surface area contributed by atoms with E-state index in [2.05, 4.69) is 50.1 Å². The minimum Gasteiger partial charge on any atom is -0.396 e. The Balaban J connectivity index is 1.86. The van der Waals surface area contributed by atoms with Gasteiger partial charge >= 0.3 is 0 Å². The van der Waals surface area contributed by atoms with Crippen molar-refractivity contribution in [3.63, 3.8) is 0 Å². The number of rotatable bonds is 20. The molecule has 0 atom stereocenters. The zero-order chi connectivity index (χ0) is 26.7. The molecule has 0 aliphatic heterocycles. The Hall–Kier alpha value is -3.06. The monoisotopic (exact) mass is 518 g/mol. The summed E-state index contributed by atoms with van der Waals surface area (Å²) < 4.78 is 10.6. The van der Waals surface area contributed by atoms with Gasteiger partial charge in [-0.25, -0.2) is 0 Å². The van der Waals surface area contributed by atoms with Gasteiger partial charge in [-0.3, -0.25) is 4.79 Å². The average Bonchev–Trinajstić information content (AvgIpc) is 2.92. The topological polar surface area (TPSA) is 169 Å². The summed E-state index contributed by atoms with van der Waals surface area (Å²) in [5, 5.41) is 21.6. The Morgan fingerprint density at radius 3 is 2.22 bits per heavy atom. The third-order valence-electron chi connectivity index (χ3n) is 5.41. The van der Waals surface area contributed by atoms with Gasteiger partial charge in [-0.1, -0.05) is 26.0 Å². The lowest BCUT2D eigenvalue weighted by Gasteiger charge is -2.16. The first-order valence-corrected chi connectivity index (χ1v) is 12.9. The quantitative estimate of drug-likeness (QED) is 0.141. The molecular weight excluding hydrogens is 476 g/mol. The number of hydrogen-bond donors (Lipinski definition) is 6. The summed E-state index contributed by atoms with van der Waals surface area (Å²) in [4.78, 5) is 25.7. The van der Waals surface area contributed by atoms with Gasteiger partial charge in [0, 0.05) is 44.4 Å². The van der Waals surface area contributed by atoms with Crippen molar-refractivity contribution in [3.8, 4) is 0 Å². The van der Waals surface area contributed by atoms with E-state index < -0.39 is 0 Å². The second-order valence-electron chi connectivity index (χ2n) is 8.29. The number of anilines is 3. The maximum atomic E-state index is 12.4. The third-order valence-corrected chi connectivity index (χ3v) is 5.41. The van der Waals surface area contributed by atoms with E-state index in [0.717, 1.165) is 18.4 Å². The van der Waals surface area contributed by atoms with Crippen LogP contribution in [0.25, 0.3) is 0 Å². The largest absolute Gasteiger partial charge is 0.396 e. The molecule has 0 spiro atoms. The number of carbonyl (C=O) groups is 1. The Labute approximate surface area is 219 Å². The summed E-state index contributed by atoms with van der Waals surface area (Å²) in [5.41, 5.74) is 6.89. The van der Waals surface area contributed by atoms with Crippen LogP contribution in [0.1, 0.15) is 49.0 Å². The van der Waals surface area contributed by atoms with Gasteiger partial charge < -0.3 is 41.6 Å². The first-order valence-electron chi connectivity index (χ1n) is 12.9. The number of ether oxygens (including phenoxy) is 2. The molecule has 1 aromatic heterocycles. The molecule has 0 saturated carbocycles. The summed E-state index contributed by atoms with van der Waals surface area (Å²) in [5.74, 6) is 1.22. The Kier molecular flexibility index (Phi) is 14.9. The minimum atomic E-state index is -0.157. The number of nitrogens with zero attached hydrogens (tertiary/aromatic N) is 3. The maximum absolute atomic E-state index is 12.4. The molecule has 1 heterocycles. The molecule has 0 fully saturated rings. The Morgan fingerprint density at radius 2 is 1.57 bits per heavy atom. The molecule has 2 rings (SSSR count). The fourth-order valence-electron chi connectivity index (χ4n) is 3.25. The zero-order valence-corrected chi connectivity index (χ0v) is 22.0. The standard InChI is InChI=1S/C25H42N8O4/c1-3-21(4-2)30-25-32-23(28-11-5-13-34)31-24(33-25)29-18-19-6-8-20(9-7-19)22(35)27-12-15-37-17-16-36-14-10-26/h6-9,21,34H,3-5,10-18,26H2,1-2H3,(H,27,35)(H3,28,29,30,31,32,33). The molecule has 0 saturated heterocycles. The number of hydrogen-bond acceptors (Lipinski definition) is 11. The summed E-state index contributed by atoms with van der Waals surface area (Å²) in [6, 6.07) is 7.60. The summed E-state index contributed by atoms with van der Waals surface area (Å²) >= 11 is 0. The lowest BCUT2D eigenvalue weighted by atomic mass is 10.1. The van der Waals surface area contributed by atoms with Crippen LogP contribution in [0.4, 0.5) is 17.8 Å². The van der Waals surface area contributed by atoms with Crippen molar-refractivity contribution >= 4 is 23.8 Å². The summed E-state index contributed by atoms with van der Waals surface area (Å²) in [6.45, 7) is 8.14. The van der Waals surface area contributed by atoms with Crippen LogP contribution in [0.3, 0.4) is 0 Å². The van der Waals surface area contributed by atoms with Gasteiger partial charge in [0.15, 0.2) is 0 Å². The van der Waals surface area contributed by atoms with Crippen LogP contribution < -0.4 is 27.0 Å². The first-order chi connectivity index (χ1) is 18.1. The van der Waals surface area contributed by atoms with Gasteiger partial charge in [0.05, 0.1) is 26.4 Å². The van der Waals surface area contributed by atoms with E-state index in [0.29, 0.717) is 82.4 Å². The molecule has 2 aromatic rings. The van der Waals surface area contributed by atoms with Gasteiger partial charge in [0.2, 0.25) is 17.8 Å². The highest BCUT2D eigenvalue weighted by Crippen LogP contribution is 2.14. The number of nitrogens with one attached hydrogen (secondary N) is 4. The molecule has 0 aliphatic rings. The predicted octanol–water partition coefficient (Wildman–Crippen LogP) is 1.60. The second kappa shape index (κ2) is 18.2. The van der Waals surface area contributed by atoms with Crippen LogP contribution in [0.5, 0.6) is 0 Å². The minimum absolute atomic E-state index is 0.0922. The van der Waals surface area contributed by atoms with Crippen LogP contribution in [0, 0.1) is 0 Å². The van der Waals surface area contributed by atoms with E-state index >= 15 is 0 Å². The first kappa shape index (κ1) is 30.2. The molecule has 1 amide bonds. The highest BCUT2D eigenvalue weighted by atomic mass is 16.5. The number of benzene rings is 1. The van der Waals surface area contributed by atoms with Gasteiger partial charge in [0.1, 0.15) is 0 Å². The van der Waals surface area contributed by atoms with Gasteiger partial charge in [-0.15, -0.1) is 0 Å². The molecule has 0 aliphatic carbocycles. The lowest BCUT2D eigenvalue weighted by molar-refractivity contribution is 0.0511. The number of nitrogens with two attached hydrogens (primary N) is 1. The SMILES string of the molecule is CCC(CC)Nc1nc(NCCCO)nc(NCc2ccc(C(=O)NCCOCCOCCN)cc2)n1. The predicted molar refractivity (Wildman–Crippen MR) is 145 cm³/mol. The van der Waals surface area contributed by atoms with Crippen molar-refractivity contribution < 1.29 is 19.4 Å². The van der Waals surface area contributed by atoms with Crippen LogP contribution in [-0.4, -0.2) is 84.7 Å². The third kappa shape index (κ3) is 12.2. The van der Waals surface area contributed by atoms with E-state index in [1.165, 1.54) is 0 Å². The van der Waals surface area contributed by atoms with Crippen LogP contribution >= 0.6 is 0 Å². The van der Waals surface area contributed by atoms with Crippen molar-refractivity contribution in [3.05, 3.63) is 35.4 Å². The second-order valence-corrected chi connectivity index (χ2v) is 8.29. The normalized spacial score (nSPS) is 10.9. The zero-order valence-electron chi connectivity index (χ0n) is 22.0. The van der Waals surface area contributed by atoms with Crippen LogP contribution in [-0.2, 0) is 16.0 Å². The molecule has 7 N–H and O–H groups in total. The molecule has 1 aromatic carbocycles. The smallest absolute Gasteiger partial charge is 0.251 e. The lowest BCUT2D eigenvalue weighted by Crippen LogP contribution is -2.27. The highest BCUT2D eigenvalue weighted by molar-refractivity contribution is 5.94. The Bertz CT molecular complexity index is 897. The van der Waals surface area contributed by atoms with Crippen molar-refractivity contribution in [2.45, 2.75) is 45.7 Å². The maximum Gasteiger partial charge on any atom is 0.251 e. The highest BCUT2D eigenvalue weighted by Gasteiger charge is 2.11. The molecule has 37 heavy (non-hydrogen) atoms. The number of carbonyl (C=O) groups excluding carboxylic acids is 1. The molecule has 0 bridgehead atoms. The summed E-state index contributed by atoms with van der Waals surface area (Å²) in [6.07, 6.45) is 2.51. The van der Waals surface area contributed by atoms with Gasteiger partial charge in [0.25, 0.3) is 5.91 Å². The van der Waals surface area contributed by atoms with Gasteiger partial charge in [-0.2, -0.15) is 15.0 Å². The molecule has 0 unspecified atom stereocenters. The molecule has 12 heteroatoms. The summed E-state index contributed by atoms with van der Waals surface area (Å²) in [7, 11) is 0. The number of aliphatic hydroxyl groups excluding tert-OH is 1. The fourth-order valence-corrected chi connectivity index (χ4v) is 3.25. The molecule has 206 valence electrons. The molecular formula is C25H42N8O4. The van der Waals surface area contributed by atoms with Crippen molar-refractivity contribution in [1.29, 1.82) is 0 Å². The fraction of sp³-hybridized carbons (Fsp3) is 0.600. The van der Waals surface area contributed by atoms with Gasteiger partial charge in [-0.05, 0) is 37.0 Å². The van der Waals surface area contributed by atoms with E-state index in [1.807, 2.05) is 12.1 Å². The Morgan fingerprint density at radius 1 is 0.919 bits per heavy atom. The van der Waals surface area contributed by atoms with Crippen LogP contribution in [0.2, 0.25) is 0 Å². The van der Waals surface area contributed by atoms with E-state index in [9.17, 15) is 4.79 Å². The van der Waals surface area contributed by atoms with E-state index in [4.69, 9.17) is 20.3 Å². The molecule has 12 nitrogen and oxygen atoms in total. The molecule has 0 radical (unpaired) electrons. The number of aromatic nitrogens is 3. The van der Waals surface area contributed by atoms with Crippen molar-refractivity contribution in [1.82, 2.24) is 20.3 Å². The van der Waals surface area contributed by atoms with E-state index in [1.54, 1.807) is 12.1 Å². The van der Waals surface area contributed by atoms with Crippen LogP contribution in [0.15, 0.2) is 24.3 Å². The number of aliphatic hydroxyl groups is 1. The number of amides is 1. The van der Waals surface area contributed by atoms with E-state index in [-0.39, 0.29) is 18.6 Å². The average molecular weight is 519 g/mol.